The molecule has 0 atom stereocenters. The molecule has 8 nitrogen and oxygen atoms in total. The largest absolute Gasteiger partial charge is 0.417 e. The van der Waals surface area contributed by atoms with Crippen molar-refractivity contribution in [1.29, 1.82) is 0 Å². The van der Waals surface area contributed by atoms with Crippen molar-refractivity contribution >= 4 is 22.8 Å². The number of rotatable bonds is 3. The molecule has 0 unspecified atom stereocenters. The molecule has 11 heteroatoms. The van der Waals surface area contributed by atoms with Crippen LogP contribution in [0.1, 0.15) is 21.6 Å². The number of carbonyl (C=O) groups is 1. The highest BCUT2D eigenvalue weighted by Gasteiger charge is 2.36. The fourth-order valence-corrected chi connectivity index (χ4v) is 4.23. The SMILES string of the molecule is Cc1nn(C)c2cc(-c3noc(N4CCN(C(=O)c5ccccc5C(F)(F)F)CC4)n3)ccc12. The van der Waals surface area contributed by atoms with Crippen molar-refractivity contribution in [3.8, 4) is 11.4 Å². The van der Waals surface area contributed by atoms with Gasteiger partial charge in [0.2, 0.25) is 5.82 Å². The highest BCUT2D eigenvalue weighted by Crippen LogP contribution is 2.33. The zero-order valence-electron chi connectivity index (χ0n) is 18.5. The number of carbonyl (C=O) groups excluding carboxylic acids is 1. The molecule has 0 aliphatic carbocycles. The molecule has 0 spiro atoms. The quantitative estimate of drug-likeness (QED) is 0.452. The van der Waals surface area contributed by atoms with Crippen LogP contribution < -0.4 is 4.90 Å². The van der Waals surface area contributed by atoms with Gasteiger partial charge in [-0.05, 0) is 25.1 Å². The molecule has 0 saturated carbocycles. The summed E-state index contributed by atoms with van der Waals surface area (Å²) in [7, 11) is 1.87. The molecule has 3 heterocycles. The number of anilines is 1. The van der Waals surface area contributed by atoms with Crippen molar-refractivity contribution in [2.24, 2.45) is 7.05 Å². The fourth-order valence-electron chi connectivity index (χ4n) is 4.23. The number of benzene rings is 2. The highest BCUT2D eigenvalue weighted by atomic mass is 19.4. The van der Waals surface area contributed by atoms with Gasteiger partial charge in [-0.15, -0.1) is 0 Å². The molecule has 34 heavy (non-hydrogen) atoms. The highest BCUT2D eigenvalue weighted by molar-refractivity contribution is 5.96. The van der Waals surface area contributed by atoms with Crippen LogP contribution in [0.5, 0.6) is 0 Å². The van der Waals surface area contributed by atoms with E-state index in [1.165, 1.54) is 23.1 Å². The van der Waals surface area contributed by atoms with E-state index in [9.17, 15) is 18.0 Å². The first kappa shape index (κ1) is 21.9. The molecule has 2 aromatic carbocycles. The summed E-state index contributed by atoms with van der Waals surface area (Å²) in [4.78, 5) is 20.5. The Balaban J connectivity index is 1.29. The number of nitrogens with zero attached hydrogens (tertiary/aromatic N) is 6. The normalized spacial score (nSPS) is 14.7. The zero-order chi connectivity index (χ0) is 24.0. The van der Waals surface area contributed by atoms with Crippen molar-refractivity contribution in [2.75, 3.05) is 31.1 Å². The van der Waals surface area contributed by atoms with Crippen LogP contribution in [0.4, 0.5) is 19.2 Å². The summed E-state index contributed by atoms with van der Waals surface area (Å²) in [5.41, 5.74) is 1.40. The Bertz CT molecular complexity index is 1370. The van der Waals surface area contributed by atoms with E-state index in [4.69, 9.17) is 4.52 Å². The maximum atomic E-state index is 13.3. The molecule has 1 saturated heterocycles. The number of aromatic nitrogens is 4. The molecule has 0 bridgehead atoms. The lowest BCUT2D eigenvalue weighted by Crippen LogP contribution is -2.49. The number of aryl methyl sites for hydroxylation is 2. The van der Waals surface area contributed by atoms with E-state index < -0.39 is 17.6 Å². The van der Waals surface area contributed by atoms with Crippen LogP contribution in [-0.4, -0.2) is 56.9 Å². The Hall–Kier alpha value is -3.89. The second-order valence-electron chi connectivity index (χ2n) is 8.16. The number of piperazine rings is 1. The summed E-state index contributed by atoms with van der Waals surface area (Å²) in [5.74, 6) is -0.216. The van der Waals surface area contributed by atoms with E-state index >= 15 is 0 Å². The first-order valence-electron chi connectivity index (χ1n) is 10.7. The van der Waals surface area contributed by atoms with Gasteiger partial charge in [-0.3, -0.25) is 9.48 Å². The third-order valence-corrected chi connectivity index (χ3v) is 6.01. The van der Waals surface area contributed by atoms with E-state index in [-0.39, 0.29) is 18.7 Å². The summed E-state index contributed by atoms with van der Waals surface area (Å²) in [6, 6.07) is 11.0. The van der Waals surface area contributed by atoms with Gasteiger partial charge in [-0.1, -0.05) is 29.4 Å². The number of amides is 1. The maximum Gasteiger partial charge on any atom is 0.417 e. The predicted molar refractivity (Wildman–Crippen MR) is 118 cm³/mol. The molecule has 176 valence electrons. The molecule has 5 rings (SSSR count). The second kappa shape index (κ2) is 8.15. The Morgan fingerprint density at radius 2 is 1.79 bits per heavy atom. The summed E-state index contributed by atoms with van der Waals surface area (Å²) >= 11 is 0. The first-order valence-corrected chi connectivity index (χ1v) is 10.7. The lowest BCUT2D eigenvalue weighted by atomic mass is 10.1. The van der Waals surface area contributed by atoms with E-state index in [1.54, 1.807) is 4.68 Å². The van der Waals surface area contributed by atoms with Gasteiger partial charge in [-0.2, -0.15) is 23.3 Å². The Morgan fingerprint density at radius 1 is 1.06 bits per heavy atom. The van der Waals surface area contributed by atoms with Gasteiger partial charge in [0.25, 0.3) is 5.91 Å². The molecule has 1 amide bonds. The lowest BCUT2D eigenvalue weighted by Gasteiger charge is -2.34. The monoisotopic (exact) mass is 470 g/mol. The van der Waals surface area contributed by atoms with Crippen LogP contribution in [0.2, 0.25) is 0 Å². The fraction of sp³-hybridized carbons (Fsp3) is 0.304. The summed E-state index contributed by atoms with van der Waals surface area (Å²) in [6.07, 6.45) is -4.59. The molecular weight excluding hydrogens is 449 g/mol. The average molecular weight is 470 g/mol. The van der Waals surface area contributed by atoms with Crippen molar-refractivity contribution < 1.29 is 22.5 Å². The number of halogens is 3. The molecule has 0 radical (unpaired) electrons. The van der Waals surface area contributed by atoms with Gasteiger partial charge in [0.15, 0.2) is 0 Å². The minimum absolute atomic E-state index is 0.239. The molecule has 1 aliphatic heterocycles. The topological polar surface area (TPSA) is 80.3 Å². The molecular formula is C23H21F3N6O2. The summed E-state index contributed by atoms with van der Waals surface area (Å²) in [6.45, 7) is 3.15. The number of hydrogen-bond donors (Lipinski definition) is 0. The average Bonchev–Trinajstić information content (AvgIpc) is 3.43. The standard InChI is InChI=1S/C23H21F3N6O2/c1-14-16-8-7-15(13-19(16)30(2)28-14)20-27-22(34-29-20)32-11-9-31(10-12-32)21(33)17-5-3-4-6-18(17)23(24,25)26/h3-8,13H,9-12H2,1-2H3. The number of alkyl halides is 3. The second-order valence-corrected chi connectivity index (χ2v) is 8.16. The van der Waals surface area contributed by atoms with Gasteiger partial charge >= 0.3 is 12.2 Å². The van der Waals surface area contributed by atoms with Gasteiger partial charge in [0, 0.05) is 44.2 Å². The molecule has 0 N–H and O–H groups in total. The molecule has 1 fully saturated rings. The maximum absolute atomic E-state index is 13.3. The Labute approximate surface area is 192 Å². The minimum atomic E-state index is -4.59. The van der Waals surface area contributed by atoms with Gasteiger partial charge in [0.1, 0.15) is 0 Å². The van der Waals surface area contributed by atoms with E-state index in [1.807, 2.05) is 37.1 Å². The van der Waals surface area contributed by atoms with E-state index in [2.05, 4.69) is 15.2 Å². The van der Waals surface area contributed by atoms with Crippen LogP contribution >= 0.6 is 0 Å². The number of fused-ring (bicyclic) bond motifs is 1. The third kappa shape index (κ3) is 3.87. The molecule has 2 aromatic heterocycles. The third-order valence-electron chi connectivity index (χ3n) is 6.01. The van der Waals surface area contributed by atoms with E-state index in [0.717, 1.165) is 28.2 Å². The summed E-state index contributed by atoms with van der Waals surface area (Å²) < 4.78 is 47.1. The van der Waals surface area contributed by atoms with Crippen LogP contribution in [0.25, 0.3) is 22.3 Å². The molecule has 4 aromatic rings. The van der Waals surface area contributed by atoms with Gasteiger partial charge in [-0.25, -0.2) is 0 Å². The smallest absolute Gasteiger partial charge is 0.335 e. The summed E-state index contributed by atoms with van der Waals surface area (Å²) in [5, 5.41) is 9.54. The van der Waals surface area contributed by atoms with E-state index in [0.29, 0.717) is 24.9 Å². The van der Waals surface area contributed by atoms with Gasteiger partial charge in [0.05, 0.1) is 22.3 Å². The number of hydrogen-bond acceptors (Lipinski definition) is 6. The van der Waals surface area contributed by atoms with Crippen molar-refractivity contribution in [2.45, 2.75) is 13.1 Å². The van der Waals surface area contributed by atoms with Crippen molar-refractivity contribution in [1.82, 2.24) is 24.8 Å². The van der Waals surface area contributed by atoms with Crippen LogP contribution in [-0.2, 0) is 13.2 Å². The Morgan fingerprint density at radius 3 is 2.53 bits per heavy atom. The minimum Gasteiger partial charge on any atom is -0.335 e. The van der Waals surface area contributed by atoms with Crippen LogP contribution in [0.15, 0.2) is 47.0 Å². The van der Waals surface area contributed by atoms with Gasteiger partial charge < -0.3 is 14.3 Å². The first-order chi connectivity index (χ1) is 16.2. The zero-order valence-corrected chi connectivity index (χ0v) is 18.5. The predicted octanol–water partition coefficient (Wildman–Crippen LogP) is 3.91. The van der Waals surface area contributed by atoms with Crippen LogP contribution in [0, 0.1) is 6.92 Å². The van der Waals surface area contributed by atoms with Crippen molar-refractivity contribution in [3.05, 3.63) is 59.3 Å². The van der Waals surface area contributed by atoms with Crippen LogP contribution in [0.3, 0.4) is 0 Å². The van der Waals surface area contributed by atoms with Crippen molar-refractivity contribution in [3.63, 3.8) is 0 Å². The Kier molecular flexibility index (Phi) is 5.26. The molecule has 1 aliphatic rings. The lowest BCUT2D eigenvalue weighted by molar-refractivity contribution is -0.138.